The number of benzene rings is 2. The molecule has 28 heavy (non-hydrogen) atoms. The maximum absolute atomic E-state index is 12.6. The summed E-state index contributed by atoms with van der Waals surface area (Å²) >= 11 is 0. The number of hydrogen-bond acceptors (Lipinski definition) is 3. The number of hydrogen-bond donors (Lipinski definition) is 2. The Balaban J connectivity index is 2.14. The fraction of sp³-hybridized carbons (Fsp3) is 0.348. The summed E-state index contributed by atoms with van der Waals surface area (Å²) in [5, 5.41) is 14.0. The maximum atomic E-state index is 12.6. The van der Waals surface area contributed by atoms with Gasteiger partial charge in [-0.05, 0) is 47.6 Å². The lowest BCUT2D eigenvalue weighted by Crippen LogP contribution is -2.47. The van der Waals surface area contributed by atoms with Crippen molar-refractivity contribution in [1.82, 2.24) is 10.6 Å². The van der Waals surface area contributed by atoms with Crippen LogP contribution in [0, 0.1) is 17.2 Å². The Hall–Kier alpha value is -3.13. The molecule has 2 aromatic rings. The van der Waals surface area contributed by atoms with E-state index < -0.39 is 6.04 Å². The molecule has 2 N–H and O–H groups in total. The second kappa shape index (κ2) is 10.3. The predicted octanol–water partition coefficient (Wildman–Crippen LogP) is 3.70. The highest BCUT2D eigenvalue weighted by Crippen LogP contribution is 2.24. The van der Waals surface area contributed by atoms with Crippen LogP contribution in [0.4, 0.5) is 0 Å². The predicted molar refractivity (Wildman–Crippen MR) is 111 cm³/mol. The summed E-state index contributed by atoms with van der Waals surface area (Å²) in [6, 6.07) is 16.8. The average molecular weight is 377 g/mol. The summed E-state index contributed by atoms with van der Waals surface area (Å²) in [6.45, 7) is 6.01. The molecule has 2 aromatic carbocycles. The van der Waals surface area contributed by atoms with E-state index in [0.717, 1.165) is 17.5 Å². The van der Waals surface area contributed by atoms with E-state index in [2.05, 4.69) is 29.7 Å². The number of aryl methyl sites for hydroxylation is 1. The van der Waals surface area contributed by atoms with Gasteiger partial charge in [-0.2, -0.15) is 5.26 Å². The lowest BCUT2D eigenvalue weighted by Gasteiger charge is -2.19. The highest BCUT2D eigenvalue weighted by molar-refractivity contribution is 5.98. The van der Waals surface area contributed by atoms with Crippen LogP contribution in [0.3, 0.4) is 0 Å². The number of amides is 2. The minimum atomic E-state index is -0.665. The normalized spacial score (nSPS) is 11.5. The highest BCUT2D eigenvalue weighted by Gasteiger charge is 2.22. The summed E-state index contributed by atoms with van der Waals surface area (Å²) in [6.07, 6.45) is 1.44. The summed E-state index contributed by atoms with van der Waals surface area (Å²) in [7, 11) is 0. The van der Waals surface area contributed by atoms with Crippen LogP contribution in [0.25, 0.3) is 11.1 Å². The molecule has 5 heteroatoms. The van der Waals surface area contributed by atoms with E-state index in [1.807, 2.05) is 44.2 Å². The molecular formula is C23H27N3O2. The first-order valence-corrected chi connectivity index (χ1v) is 9.60. The van der Waals surface area contributed by atoms with Crippen LogP contribution in [0.15, 0.2) is 48.5 Å². The van der Waals surface area contributed by atoms with Crippen molar-refractivity contribution in [3.63, 3.8) is 0 Å². The van der Waals surface area contributed by atoms with E-state index in [4.69, 9.17) is 5.26 Å². The monoisotopic (exact) mass is 377 g/mol. The van der Waals surface area contributed by atoms with E-state index in [0.29, 0.717) is 12.0 Å². The van der Waals surface area contributed by atoms with Crippen molar-refractivity contribution < 1.29 is 9.59 Å². The highest BCUT2D eigenvalue weighted by atomic mass is 16.2. The first-order valence-electron chi connectivity index (χ1n) is 9.60. The number of nitrogens with zero attached hydrogens (tertiary/aromatic N) is 1. The van der Waals surface area contributed by atoms with Crippen LogP contribution in [-0.4, -0.2) is 24.4 Å². The number of rotatable bonds is 8. The molecule has 0 heterocycles. The lowest BCUT2D eigenvalue weighted by atomic mass is 9.97. The molecule has 146 valence electrons. The van der Waals surface area contributed by atoms with Gasteiger partial charge < -0.3 is 10.6 Å². The zero-order valence-electron chi connectivity index (χ0n) is 16.7. The standard InChI is InChI=1S/C23H27N3O2/c1-4-17-7-5-6-8-20(17)18-9-11-19(12-10-18)22(27)26-21(15-16(2)3)23(28)25-14-13-24/h5-12,16,21H,4,14-15H2,1-3H3,(H,25,28)(H,26,27)/t21-/m0/s1. The third-order valence-corrected chi connectivity index (χ3v) is 4.53. The van der Waals surface area contributed by atoms with Gasteiger partial charge in [-0.15, -0.1) is 0 Å². The van der Waals surface area contributed by atoms with Gasteiger partial charge in [-0.3, -0.25) is 9.59 Å². The molecule has 0 aliphatic rings. The molecule has 0 unspecified atom stereocenters. The Bertz CT molecular complexity index is 851. The average Bonchev–Trinajstić information content (AvgIpc) is 2.71. The summed E-state index contributed by atoms with van der Waals surface area (Å²) < 4.78 is 0. The fourth-order valence-corrected chi connectivity index (χ4v) is 3.11. The van der Waals surface area contributed by atoms with E-state index >= 15 is 0 Å². The Morgan fingerprint density at radius 1 is 1.07 bits per heavy atom. The van der Waals surface area contributed by atoms with Gasteiger partial charge in [0.25, 0.3) is 5.91 Å². The SMILES string of the molecule is CCc1ccccc1-c1ccc(C(=O)N[C@@H](CC(C)C)C(=O)NCC#N)cc1. The molecule has 5 nitrogen and oxygen atoms in total. The van der Waals surface area contributed by atoms with Gasteiger partial charge in [0.05, 0.1) is 6.07 Å². The Kier molecular flexibility index (Phi) is 7.76. The molecule has 0 saturated carbocycles. The van der Waals surface area contributed by atoms with Gasteiger partial charge in [-0.25, -0.2) is 0 Å². The number of nitrogens with one attached hydrogen (secondary N) is 2. The molecule has 2 amide bonds. The molecular weight excluding hydrogens is 350 g/mol. The number of carbonyl (C=O) groups excluding carboxylic acids is 2. The van der Waals surface area contributed by atoms with Gasteiger partial charge in [0.15, 0.2) is 0 Å². The molecule has 0 saturated heterocycles. The van der Waals surface area contributed by atoms with Crippen molar-refractivity contribution in [2.75, 3.05) is 6.54 Å². The van der Waals surface area contributed by atoms with E-state index in [1.165, 1.54) is 5.56 Å². The molecule has 0 aliphatic carbocycles. The minimum absolute atomic E-state index is 0.0746. The van der Waals surface area contributed by atoms with Crippen molar-refractivity contribution in [2.45, 2.75) is 39.7 Å². The lowest BCUT2D eigenvalue weighted by molar-refractivity contribution is -0.123. The van der Waals surface area contributed by atoms with Crippen molar-refractivity contribution in [3.8, 4) is 17.2 Å². The quantitative estimate of drug-likeness (QED) is 0.688. The third-order valence-electron chi connectivity index (χ3n) is 4.53. The van der Waals surface area contributed by atoms with E-state index in [9.17, 15) is 9.59 Å². The first-order chi connectivity index (χ1) is 13.5. The second-order valence-electron chi connectivity index (χ2n) is 7.12. The Morgan fingerprint density at radius 3 is 2.36 bits per heavy atom. The summed E-state index contributed by atoms with van der Waals surface area (Å²) in [5.74, 6) is -0.406. The molecule has 1 atom stereocenters. The van der Waals surface area contributed by atoms with Gasteiger partial charge in [0, 0.05) is 5.56 Å². The Labute approximate surface area is 166 Å². The van der Waals surface area contributed by atoms with Crippen molar-refractivity contribution >= 4 is 11.8 Å². The molecule has 0 radical (unpaired) electrons. The third kappa shape index (κ3) is 5.68. The molecule has 2 rings (SSSR count). The van der Waals surface area contributed by atoms with Gasteiger partial charge in [0.2, 0.25) is 5.91 Å². The molecule has 0 spiro atoms. The van der Waals surface area contributed by atoms with Crippen LogP contribution in [-0.2, 0) is 11.2 Å². The minimum Gasteiger partial charge on any atom is -0.341 e. The van der Waals surface area contributed by atoms with Crippen LogP contribution in [0.1, 0.15) is 43.1 Å². The number of carbonyl (C=O) groups is 2. The van der Waals surface area contributed by atoms with Crippen molar-refractivity contribution in [1.29, 1.82) is 5.26 Å². The number of nitriles is 1. The zero-order valence-corrected chi connectivity index (χ0v) is 16.7. The smallest absolute Gasteiger partial charge is 0.251 e. The summed E-state index contributed by atoms with van der Waals surface area (Å²) in [5.41, 5.74) is 3.97. The molecule has 0 aromatic heterocycles. The topological polar surface area (TPSA) is 82.0 Å². The van der Waals surface area contributed by atoms with Gasteiger partial charge in [0.1, 0.15) is 12.6 Å². The maximum Gasteiger partial charge on any atom is 0.251 e. The van der Waals surface area contributed by atoms with E-state index in [1.54, 1.807) is 12.1 Å². The van der Waals surface area contributed by atoms with Crippen LogP contribution in [0.2, 0.25) is 0 Å². The molecule has 0 aliphatic heterocycles. The zero-order chi connectivity index (χ0) is 20.5. The van der Waals surface area contributed by atoms with Crippen LogP contribution in [0.5, 0.6) is 0 Å². The second-order valence-corrected chi connectivity index (χ2v) is 7.12. The Morgan fingerprint density at radius 2 is 1.75 bits per heavy atom. The molecule has 0 bridgehead atoms. The van der Waals surface area contributed by atoms with Gasteiger partial charge >= 0.3 is 0 Å². The summed E-state index contributed by atoms with van der Waals surface area (Å²) in [4.78, 5) is 24.9. The largest absolute Gasteiger partial charge is 0.341 e. The van der Waals surface area contributed by atoms with Crippen molar-refractivity contribution in [2.24, 2.45) is 5.92 Å². The van der Waals surface area contributed by atoms with Crippen LogP contribution >= 0.6 is 0 Å². The first kappa shape index (κ1) is 21.2. The molecule has 0 fully saturated rings. The van der Waals surface area contributed by atoms with E-state index in [-0.39, 0.29) is 24.3 Å². The van der Waals surface area contributed by atoms with Gasteiger partial charge in [-0.1, -0.05) is 57.2 Å². The van der Waals surface area contributed by atoms with Crippen molar-refractivity contribution in [3.05, 3.63) is 59.7 Å². The fourth-order valence-electron chi connectivity index (χ4n) is 3.11. The van der Waals surface area contributed by atoms with Crippen LogP contribution < -0.4 is 10.6 Å².